The normalized spacial score (nSPS) is 12.0. The molecule has 2 rings (SSSR count). The molecule has 0 N–H and O–H groups in total. The predicted octanol–water partition coefficient (Wildman–Crippen LogP) is 2.54. The first-order chi connectivity index (χ1) is 11.8. The molecule has 1 unspecified atom stereocenters. The summed E-state index contributed by atoms with van der Waals surface area (Å²) in [5.41, 5.74) is 2.67. The van der Waals surface area contributed by atoms with Gasteiger partial charge in [-0.2, -0.15) is 5.26 Å². The number of carbonyl (C=O) groups is 1. The first kappa shape index (κ1) is 18.7. The summed E-state index contributed by atoms with van der Waals surface area (Å²) in [6.45, 7) is 8.04. The van der Waals surface area contributed by atoms with Crippen molar-refractivity contribution >= 4 is 5.78 Å². The number of hydrogen-bond acceptors (Lipinski definition) is 4. The van der Waals surface area contributed by atoms with Crippen LogP contribution < -0.4 is 5.56 Å². The highest BCUT2D eigenvalue weighted by molar-refractivity contribution is 5.97. The molecule has 0 aliphatic rings. The number of nitriles is 1. The fraction of sp³-hybridized carbons (Fsp3) is 0.421. The minimum atomic E-state index is -0.433. The van der Waals surface area contributed by atoms with Crippen LogP contribution in [0.4, 0.5) is 0 Å². The number of pyridine rings is 1. The first-order valence-corrected chi connectivity index (χ1v) is 8.12. The summed E-state index contributed by atoms with van der Waals surface area (Å²) < 4.78 is 8.56. The molecule has 1 atom stereocenters. The van der Waals surface area contributed by atoms with E-state index in [1.54, 1.807) is 26.3 Å². The molecule has 0 aliphatic heterocycles. The minimum Gasteiger partial charge on any atom is -0.383 e. The summed E-state index contributed by atoms with van der Waals surface area (Å²) in [6, 6.07) is 5.54. The number of aryl methyl sites for hydroxylation is 2. The third-order valence-electron chi connectivity index (χ3n) is 4.43. The van der Waals surface area contributed by atoms with Gasteiger partial charge in [-0.1, -0.05) is 0 Å². The van der Waals surface area contributed by atoms with Gasteiger partial charge in [0.05, 0.1) is 19.2 Å². The van der Waals surface area contributed by atoms with Gasteiger partial charge < -0.3 is 13.9 Å². The fourth-order valence-electron chi connectivity index (χ4n) is 3.22. The van der Waals surface area contributed by atoms with Crippen LogP contribution in [-0.2, 0) is 11.3 Å². The quantitative estimate of drug-likeness (QED) is 0.757. The van der Waals surface area contributed by atoms with Gasteiger partial charge >= 0.3 is 0 Å². The molecular weight excluding hydrogens is 318 g/mol. The Bertz CT molecular complexity index is 900. The molecule has 0 aliphatic carbocycles. The van der Waals surface area contributed by atoms with E-state index >= 15 is 0 Å². The Morgan fingerprint density at radius 2 is 2.04 bits per heavy atom. The topological polar surface area (TPSA) is 77.0 Å². The molecule has 0 radical (unpaired) electrons. The number of hydrogen-bond donors (Lipinski definition) is 0. The van der Waals surface area contributed by atoms with Crippen molar-refractivity contribution in [3.05, 3.63) is 56.8 Å². The van der Waals surface area contributed by atoms with Crippen molar-refractivity contribution in [3.8, 4) is 6.07 Å². The minimum absolute atomic E-state index is 0.0782. The number of aromatic nitrogens is 2. The molecule has 0 spiro atoms. The van der Waals surface area contributed by atoms with E-state index in [1.807, 2.05) is 32.9 Å². The third-order valence-corrected chi connectivity index (χ3v) is 4.43. The van der Waals surface area contributed by atoms with Crippen LogP contribution >= 0.6 is 0 Å². The summed E-state index contributed by atoms with van der Waals surface area (Å²) in [5, 5.41) is 9.11. The van der Waals surface area contributed by atoms with Gasteiger partial charge in [0.15, 0.2) is 5.78 Å². The molecule has 2 aromatic rings. The molecule has 6 nitrogen and oxygen atoms in total. The molecule has 0 aromatic carbocycles. The van der Waals surface area contributed by atoms with E-state index < -0.39 is 5.56 Å². The van der Waals surface area contributed by atoms with E-state index in [-0.39, 0.29) is 23.9 Å². The zero-order chi connectivity index (χ0) is 18.7. The Balaban J connectivity index is 2.36. The average Bonchev–Trinajstić information content (AvgIpc) is 2.85. The van der Waals surface area contributed by atoms with E-state index in [1.165, 1.54) is 4.57 Å². The number of nitrogens with zero attached hydrogens (tertiary/aromatic N) is 3. The van der Waals surface area contributed by atoms with Crippen LogP contribution in [0.25, 0.3) is 0 Å². The second kappa shape index (κ2) is 7.49. The van der Waals surface area contributed by atoms with Crippen molar-refractivity contribution in [2.24, 2.45) is 0 Å². The molecular formula is C19H23N3O3. The SMILES string of the molecule is COCC(C)n1c(C)cc(C(=O)Cn2ccc(C)c(C#N)c2=O)c1C. The second-order valence-electron chi connectivity index (χ2n) is 6.30. The van der Waals surface area contributed by atoms with Gasteiger partial charge in [-0.15, -0.1) is 0 Å². The van der Waals surface area contributed by atoms with Crippen LogP contribution in [0.1, 0.15) is 45.8 Å². The molecule has 2 heterocycles. The molecule has 2 aromatic heterocycles. The smallest absolute Gasteiger partial charge is 0.269 e. The Labute approximate surface area is 147 Å². The maximum absolute atomic E-state index is 12.7. The lowest BCUT2D eigenvalue weighted by molar-refractivity contribution is 0.0969. The number of carbonyl (C=O) groups excluding carboxylic acids is 1. The van der Waals surface area contributed by atoms with Gasteiger partial charge in [0, 0.05) is 30.3 Å². The van der Waals surface area contributed by atoms with E-state index in [0.29, 0.717) is 17.7 Å². The van der Waals surface area contributed by atoms with Gasteiger partial charge in [0.25, 0.3) is 5.56 Å². The maximum atomic E-state index is 12.7. The molecule has 0 bridgehead atoms. The van der Waals surface area contributed by atoms with Crippen LogP contribution in [0.2, 0.25) is 0 Å². The van der Waals surface area contributed by atoms with Crippen molar-refractivity contribution in [3.63, 3.8) is 0 Å². The monoisotopic (exact) mass is 341 g/mol. The third kappa shape index (κ3) is 3.57. The highest BCUT2D eigenvalue weighted by Gasteiger charge is 2.19. The highest BCUT2D eigenvalue weighted by Crippen LogP contribution is 2.21. The Morgan fingerprint density at radius 1 is 1.36 bits per heavy atom. The van der Waals surface area contributed by atoms with Gasteiger partial charge in [-0.25, -0.2) is 0 Å². The molecule has 132 valence electrons. The lowest BCUT2D eigenvalue weighted by atomic mass is 10.1. The van der Waals surface area contributed by atoms with Crippen LogP contribution in [0.15, 0.2) is 23.1 Å². The highest BCUT2D eigenvalue weighted by atomic mass is 16.5. The summed E-state index contributed by atoms with van der Waals surface area (Å²) >= 11 is 0. The summed E-state index contributed by atoms with van der Waals surface area (Å²) in [4.78, 5) is 25.0. The zero-order valence-corrected chi connectivity index (χ0v) is 15.3. The van der Waals surface area contributed by atoms with Crippen LogP contribution in [0.3, 0.4) is 0 Å². The molecule has 0 saturated carbocycles. The van der Waals surface area contributed by atoms with Crippen molar-refractivity contribution in [2.75, 3.05) is 13.7 Å². The summed E-state index contributed by atoms with van der Waals surface area (Å²) in [7, 11) is 1.65. The zero-order valence-electron chi connectivity index (χ0n) is 15.3. The molecule has 6 heteroatoms. The van der Waals surface area contributed by atoms with Crippen molar-refractivity contribution < 1.29 is 9.53 Å². The van der Waals surface area contributed by atoms with E-state index in [9.17, 15) is 9.59 Å². The summed E-state index contributed by atoms with van der Waals surface area (Å²) in [5.74, 6) is -0.154. The van der Waals surface area contributed by atoms with Crippen molar-refractivity contribution in [1.82, 2.24) is 9.13 Å². The van der Waals surface area contributed by atoms with Gasteiger partial charge in [-0.3, -0.25) is 9.59 Å². The Kier molecular flexibility index (Phi) is 5.60. The largest absolute Gasteiger partial charge is 0.383 e. The van der Waals surface area contributed by atoms with Crippen LogP contribution in [0, 0.1) is 32.1 Å². The Morgan fingerprint density at radius 3 is 2.64 bits per heavy atom. The number of ether oxygens (including phenoxy) is 1. The predicted molar refractivity (Wildman–Crippen MR) is 95.0 cm³/mol. The lowest BCUT2D eigenvalue weighted by Gasteiger charge is -2.17. The number of methoxy groups -OCH3 is 1. The molecule has 0 fully saturated rings. The van der Waals surface area contributed by atoms with Gasteiger partial charge in [0.2, 0.25) is 0 Å². The molecule has 25 heavy (non-hydrogen) atoms. The van der Waals surface area contributed by atoms with Crippen LogP contribution in [0.5, 0.6) is 0 Å². The average molecular weight is 341 g/mol. The van der Waals surface area contributed by atoms with E-state index in [2.05, 4.69) is 4.57 Å². The van der Waals surface area contributed by atoms with Gasteiger partial charge in [-0.05, 0) is 45.4 Å². The first-order valence-electron chi connectivity index (χ1n) is 8.12. The number of ketones is 1. The van der Waals surface area contributed by atoms with E-state index in [4.69, 9.17) is 10.00 Å². The van der Waals surface area contributed by atoms with Crippen LogP contribution in [-0.4, -0.2) is 28.6 Å². The fourth-order valence-corrected chi connectivity index (χ4v) is 3.22. The van der Waals surface area contributed by atoms with Crippen molar-refractivity contribution in [1.29, 1.82) is 5.26 Å². The summed E-state index contributed by atoms with van der Waals surface area (Å²) in [6.07, 6.45) is 1.56. The lowest BCUT2D eigenvalue weighted by Crippen LogP contribution is -2.26. The van der Waals surface area contributed by atoms with Gasteiger partial charge in [0.1, 0.15) is 11.6 Å². The Hall–Kier alpha value is -2.65. The number of Topliss-reactive ketones (excluding diaryl/α,β-unsaturated/α-hetero) is 1. The maximum Gasteiger partial charge on any atom is 0.269 e. The van der Waals surface area contributed by atoms with Crippen molar-refractivity contribution in [2.45, 2.75) is 40.3 Å². The standard InChI is InChI=1S/C19H23N3O3/c1-12-6-7-21(19(24)17(12)9-20)10-18(23)16-8-13(2)22(15(16)4)14(3)11-25-5/h6-8,14H,10-11H2,1-5H3. The number of rotatable bonds is 6. The molecule has 0 saturated heterocycles. The van der Waals surface area contributed by atoms with E-state index in [0.717, 1.165) is 11.4 Å². The second-order valence-corrected chi connectivity index (χ2v) is 6.30. The molecule has 0 amide bonds.